The number of carbonyl (C=O) groups is 6. The monoisotopic (exact) mass is 444 g/mol. The Morgan fingerprint density at radius 2 is 1.52 bits per heavy atom. The summed E-state index contributed by atoms with van der Waals surface area (Å²) >= 11 is 0. The van der Waals surface area contributed by atoms with Gasteiger partial charge in [-0.1, -0.05) is 0 Å². The number of hydrogen-bond acceptors (Lipinski definition) is 8. The van der Waals surface area contributed by atoms with Crippen LogP contribution in [0.5, 0.6) is 0 Å². The second kappa shape index (κ2) is 11.8. The van der Waals surface area contributed by atoms with Crippen molar-refractivity contribution in [3.05, 3.63) is 0 Å². The summed E-state index contributed by atoms with van der Waals surface area (Å²) in [7, 11) is 0. The summed E-state index contributed by atoms with van der Waals surface area (Å²) in [5, 5.41) is 28.5. The number of aliphatic hydroxyl groups is 1. The molecule has 0 aromatic carbocycles. The first-order chi connectivity index (χ1) is 14.4. The van der Waals surface area contributed by atoms with Crippen molar-refractivity contribution in [2.45, 2.75) is 62.9 Å². The van der Waals surface area contributed by atoms with Crippen LogP contribution in [0.3, 0.4) is 0 Å². The zero-order chi connectivity index (χ0) is 23.7. The number of amides is 5. The number of nitrogens with two attached hydrogens (primary N) is 2. The Balaban J connectivity index is 2.90. The topological polar surface area (TPSA) is 243 Å². The van der Waals surface area contributed by atoms with Crippen molar-refractivity contribution in [2.24, 2.45) is 11.5 Å². The Hall–Kier alpha value is -3.26. The zero-order valence-electron chi connectivity index (χ0n) is 16.9. The van der Waals surface area contributed by atoms with Crippen molar-refractivity contribution in [3.63, 3.8) is 0 Å². The number of carbonyl (C=O) groups excluding carboxylic acids is 5. The second-order valence-electron chi connectivity index (χ2n) is 7.18. The van der Waals surface area contributed by atoms with Gasteiger partial charge in [0, 0.05) is 0 Å². The van der Waals surface area contributed by atoms with Gasteiger partial charge in [0.2, 0.25) is 29.5 Å². The predicted octanol–water partition coefficient (Wildman–Crippen LogP) is -4.59. The summed E-state index contributed by atoms with van der Waals surface area (Å²) in [5.74, 6) is -6.19. The molecule has 1 aliphatic heterocycles. The highest BCUT2D eigenvalue weighted by atomic mass is 16.4. The average Bonchev–Trinajstić information content (AvgIpc) is 3.18. The number of nitrogens with one attached hydrogen (secondary N) is 4. The minimum atomic E-state index is -1.70. The lowest BCUT2D eigenvalue weighted by Crippen LogP contribution is -2.60. The van der Waals surface area contributed by atoms with Crippen LogP contribution >= 0.6 is 0 Å². The second-order valence-corrected chi connectivity index (χ2v) is 7.18. The number of primary amides is 2. The van der Waals surface area contributed by atoms with Gasteiger partial charge in [0.05, 0.1) is 25.0 Å². The maximum Gasteiger partial charge on any atom is 0.326 e. The van der Waals surface area contributed by atoms with Gasteiger partial charge < -0.3 is 42.9 Å². The number of carboxylic acids is 1. The number of rotatable bonds is 12. The van der Waals surface area contributed by atoms with Gasteiger partial charge in [-0.05, 0) is 26.3 Å². The Morgan fingerprint density at radius 3 is 1.97 bits per heavy atom. The van der Waals surface area contributed by atoms with Crippen LogP contribution in [0.25, 0.3) is 0 Å². The van der Waals surface area contributed by atoms with Gasteiger partial charge in [-0.3, -0.25) is 24.0 Å². The van der Waals surface area contributed by atoms with Gasteiger partial charge >= 0.3 is 5.97 Å². The van der Waals surface area contributed by atoms with Crippen LogP contribution in [0.2, 0.25) is 0 Å². The van der Waals surface area contributed by atoms with Gasteiger partial charge in [0.1, 0.15) is 18.1 Å². The van der Waals surface area contributed by atoms with Gasteiger partial charge in [-0.15, -0.1) is 0 Å². The first-order valence-corrected chi connectivity index (χ1v) is 9.54. The lowest BCUT2D eigenvalue weighted by Gasteiger charge is -2.26. The third-order valence-electron chi connectivity index (χ3n) is 4.50. The van der Waals surface area contributed by atoms with Crippen LogP contribution in [0.1, 0.15) is 32.6 Å². The molecule has 0 aromatic heterocycles. The molecule has 0 saturated carbocycles. The normalized spacial score (nSPS) is 19.4. The van der Waals surface area contributed by atoms with Gasteiger partial charge in [0.25, 0.3) is 0 Å². The van der Waals surface area contributed by atoms with Crippen LogP contribution < -0.4 is 32.7 Å². The van der Waals surface area contributed by atoms with Crippen molar-refractivity contribution in [1.29, 1.82) is 0 Å². The first-order valence-electron chi connectivity index (χ1n) is 9.54. The van der Waals surface area contributed by atoms with E-state index >= 15 is 0 Å². The van der Waals surface area contributed by atoms with E-state index in [1.807, 2.05) is 5.32 Å². The third-order valence-corrected chi connectivity index (χ3v) is 4.50. The van der Waals surface area contributed by atoms with Crippen molar-refractivity contribution in [1.82, 2.24) is 21.3 Å². The number of carboxylic acid groups (broad SMARTS) is 1. The summed E-state index contributed by atoms with van der Waals surface area (Å²) in [6, 6.07) is -5.32. The van der Waals surface area contributed by atoms with Crippen molar-refractivity contribution < 1.29 is 39.0 Å². The molecule has 10 N–H and O–H groups in total. The van der Waals surface area contributed by atoms with E-state index in [9.17, 15) is 33.9 Å². The molecule has 14 nitrogen and oxygen atoms in total. The molecular formula is C17H28N6O8. The highest BCUT2D eigenvalue weighted by Gasteiger charge is 2.34. The molecule has 5 amide bonds. The number of aliphatic carboxylic acids is 1. The molecule has 174 valence electrons. The molecule has 5 atom stereocenters. The van der Waals surface area contributed by atoms with E-state index < -0.39 is 78.6 Å². The fraction of sp³-hybridized carbons (Fsp3) is 0.647. The molecule has 1 heterocycles. The quantitative estimate of drug-likeness (QED) is 0.144. The zero-order valence-corrected chi connectivity index (χ0v) is 16.9. The summed E-state index contributed by atoms with van der Waals surface area (Å²) in [5.41, 5.74) is 10.0. The van der Waals surface area contributed by atoms with E-state index in [0.29, 0.717) is 13.0 Å². The molecule has 0 aromatic rings. The Morgan fingerprint density at radius 1 is 0.968 bits per heavy atom. The van der Waals surface area contributed by atoms with Gasteiger partial charge in [-0.25, -0.2) is 4.79 Å². The minimum absolute atomic E-state index is 0.526. The van der Waals surface area contributed by atoms with Crippen LogP contribution in [-0.4, -0.2) is 82.5 Å². The molecule has 31 heavy (non-hydrogen) atoms. The summed E-state index contributed by atoms with van der Waals surface area (Å²) in [6.45, 7) is 1.86. The fourth-order valence-electron chi connectivity index (χ4n) is 2.91. The Labute approximate surface area is 177 Å². The molecule has 0 aliphatic carbocycles. The average molecular weight is 444 g/mol. The van der Waals surface area contributed by atoms with Crippen molar-refractivity contribution in [3.8, 4) is 0 Å². The highest BCUT2D eigenvalue weighted by Crippen LogP contribution is 2.06. The van der Waals surface area contributed by atoms with E-state index in [4.69, 9.17) is 16.6 Å². The predicted molar refractivity (Wildman–Crippen MR) is 104 cm³/mol. The lowest BCUT2D eigenvalue weighted by atomic mass is 10.1. The summed E-state index contributed by atoms with van der Waals surface area (Å²) in [6.07, 6.45) is -1.47. The minimum Gasteiger partial charge on any atom is -0.480 e. The molecule has 0 bridgehead atoms. The SMILES string of the molecule is CC(O)C(NC(=O)C1CCCN1)C(=O)NC(CC(N)=O)C(=O)NC(CC(N)=O)C(=O)O. The molecule has 0 radical (unpaired) electrons. The van der Waals surface area contributed by atoms with Crippen molar-refractivity contribution in [2.75, 3.05) is 6.54 Å². The van der Waals surface area contributed by atoms with Crippen LogP contribution in [0.4, 0.5) is 0 Å². The third kappa shape index (κ3) is 8.55. The molecule has 5 unspecified atom stereocenters. The molecule has 1 fully saturated rings. The summed E-state index contributed by atoms with van der Waals surface area (Å²) in [4.78, 5) is 70.8. The van der Waals surface area contributed by atoms with Crippen LogP contribution in [0.15, 0.2) is 0 Å². The van der Waals surface area contributed by atoms with E-state index in [1.54, 1.807) is 0 Å². The molecule has 1 aliphatic rings. The maximum atomic E-state index is 12.6. The van der Waals surface area contributed by atoms with E-state index in [2.05, 4.69) is 16.0 Å². The number of aliphatic hydroxyl groups excluding tert-OH is 1. The molecule has 1 rings (SSSR count). The first kappa shape index (κ1) is 25.8. The van der Waals surface area contributed by atoms with Crippen LogP contribution in [0, 0.1) is 0 Å². The maximum absolute atomic E-state index is 12.6. The fourth-order valence-corrected chi connectivity index (χ4v) is 2.91. The van der Waals surface area contributed by atoms with Crippen molar-refractivity contribution >= 4 is 35.5 Å². The summed E-state index contributed by atoms with van der Waals surface area (Å²) < 4.78 is 0. The molecule has 14 heteroatoms. The molecular weight excluding hydrogens is 416 g/mol. The van der Waals surface area contributed by atoms with Crippen LogP contribution in [-0.2, 0) is 28.8 Å². The van der Waals surface area contributed by atoms with E-state index in [1.165, 1.54) is 6.92 Å². The standard InChI is InChI=1S/C17H28N6O8/c1-7(24)13(23-14(27)8-3-2-4-20-8)16(29)21-9(5-11(18)25)15(28)22-10(17(30)31)6-12(19)26/h7-10,13,20,24H,2-6H2,1H3,(H2,18,25)(H2,19,26)(H,21,29)(H,22,28)(H,23,27)(H,30,31). The molecule has 1 saturated heterocycles. The highest BCUT2D eigenvalue weighted by molar-refractivity contribution is 5.97. The Kier molecular flexibility index (Phi) is 9.82. The van der Waals surface area contributed by atoms with Gasteiger partial charge in [-0.2, -0.15) is 0 Å². The number of hydrogen-bond donors (Lipinski definition) is 8. The molecule has 0 spiro atoms. The lowest BCUT2D eigenvalue weighted by molar-refractivity contribution is -0.144. The van der Waals surface area contributed by atoms with Gasteiger partial charge in [0.15, 0.2) is 0 Å². The van der Waals surface area contributed by atoms with E-state index in [-0.39, 0.29) is 0 Å². The smallest absolute Gasteiger partial charge is 0.326 e. The Bertz CT molecular complexity index is 721. The van der Waals surface area contributed by atoms with E-state index in [0.717, 1.165) is 6.42 Å². The largest absolute Gasteiger partial charge is 0.480 e.